The molecule has 0 aliphatic rings. The molecule has 1 unspecified atom stereocenters. The molecule has 0 saturated heterocycles. The first kappa shape index (κ1) is 17.5. The van der Waals surface area contributed by atoms with Crippen molar-refractivity contribution in [2.45, 2.75) is 20.0 Å². The molecule has 0 fully saturated rings. The molecule has 3 aromatic heterocycles. The van der Waals surface area contributed by atoms with Crippen molar-refractivity contribution in [3.63, 3.8) is 0 Å². The van der Waals surface area contributed by atoms with E-state index in [0.717, 1.165) is 0 Å². The number of aliphatic hydroxyl groups excluding tert-OH is 1. The zero-order valence-electron chi connectivity index (χ0n) is 14.4. The lowest BCUT2D eigenvalue weighted by Crippen LogP contribution is -2.17. The van der Waals surface area contributed by atoms with E-state index in [1.54, 1.807) is 13.8 Å². The number of methoxy groups -OCH3 is 1. The summed E-state index contributed by atoms with van der Waals surface area (Å²) in [6.07, 6.45) is 3.36. The zero-order valence-corrected chi connectivity index (χ0v) is 14.4. The van der Waals surface area contributed by atoms with Crippen molar-refractivity contribution in [1.29, 1.82) is 0 Å². The van der Waals surface area contributed by atoms with Crippen LogP contribution in [-0.4, -0.2) is 55.3 Å². The third kappa shape index (κ3) is 2.90. The second-order valence-corrected chi connectivity index (χ2v) is 5.38. The lowest BCUT2D eigenvalue weighted by molar-refractivity contribution is -0.137. The largest absolute Gasteiger partial charge is 0.494 e. The molecule has 136 valence electrons. The lowest BCUT2D eigenvalue weighted by atomic mass is 10.1. The first-order chi connectivity index (χ1) is 12.5. The number of hydrogen-bond donors (Lipinski definition) is 2. The van der Waals surface area contributed by atoms with Crippen LogP contribution in [0.1, 0.15) is 36.1 Å². The van der Waals surface area contributed by atoms with E-state index < -0.39 is 17.9 Å². The Morgan fingerprint density at radius 1 is 1.38 bits per heavy atom. The van der Waals surface area contributed by atoms with Gasteiger partial charge in [-0.3, -0.25) is 4.79 Å². The van der Waals surface area contributed by atoms with Crippen LogP contribution in [0.15, 0.2) is 18.7 Å². The number of aliphatic hydroxyl groups is 1. The summed E-state index contributed by atoms with van der Waals surface area (Å²) in [7, 11) is 1.43. The van der Waals surface area contributed by atoms with Crippen LogP contribution in [0.5, 0.6) is 5.75 Å². The number of carbonyl (C=O) groups excluding carboxylic acids is 2. The Bertz CT molecular complexity index is 975. The average Bonchev–Trinajstić information content (AvgIpc) is 3.28. The minimum Gasteiger partial charge on any atom is -0.494 e. The number of ketones is 1. The smallest absolute Gasteiger partial charge is 0.379 e. The second-order valence-electron chi connectivity index (χ2n) is 5.38. The summed E-state index contributed by atoms with van der Waals surface area (Å²) in [5.74, 6) is -0.871. The SMILES string of the molecule is CCOC(=O)C(=O)c1c[nH]c2c(-n3cnc(C(C)O)n3)ncc(OC)c12. The number of fused-ring (bicyclic) bond motifs is 1. The molecule has 0 spiro atoms. The van der Waals surface area contributed by atoms with Gasteiger partial charge in [-0.1, -0.05) is 0 Å². The maximum absolute atomic E-state index is 12.4. The number of ether oxygens (including phenoxy) is 2. The predicted molar refractivity (Wildman–Crippen MR) is 89.2 cm³/mol. The number of nitrogens with one attached hydrogen (secondary N) is 1. The van der Waals surface area contributed by atoms with Crippen molar-refractivity contribution in [2.75, 3.05) is 13.7 Å². The number of carbonyl (C=O) groups is 2. The van der Waals surface area contributed by atoms with Gasteiger partial charge in [0.1, 0.15) is 18.2 Å². The number of esters is 1. The van der Waals surface area contributed by atoms with Crippen LogP contribution >= 0.6 is 0 Å². The first-order valence-corrected chi connectivity index (χ1v) is 7.83. The van der Waals surface area contributed by atoms with Crippen molar-refractivity contribution in [3.8, 4) is 11.6 Å². The van der Waals surface area contributed by atoms with Crippen molar-refractivity contribution in [1.82, 2.24) is 24.7 Å². The van der Waals surface area contributed by atoms with Crippen LogP contribution in [-0.2, 0) is 9.53 Å². The summed E-state index contributed by atoms with van der Waals surface area (Å²) in [5, 5.41) is 14.1. The molecule has 3 rings (SSSR count). The van der Waals surface area contributed by atoms with Gasteiger partial charge in [0.2, 0.25) is 0 Å². The number of Topliss-reactive ketones (excluding diaryl/α,β-unsaturated/α-hetero) is 1. The van der Waals surface area contributed by atoms with Crippen LogP contribution in [0, 0.1) is 0 Å². The molecule has 3 heterocycles. The van der Waals surface area contributed by atoms with Crippen LogP contribution < -0.4 is 4.74 Å². The Balaban J connectivity index is 2.16. The molecule has 0 aliphatic heterocycles. The normalized spacial score (nSPS) is 12.2. The maximum Gasteiger partial charge on any atom is 0.379 e. The van der Waals surface area contributed by atoms with Crippen LogP contribution in [0.25, 0.3) is 16.7 Å². The van der Waals surface area contributed by atoms with E-state index in [-0.39, 0.29) is 18.0 Å². The van der Waals surface area contributed by atoms with Crippen molar-refractivity contribution >= 4 is 22.7 Å². The maximum atomic E-state index is 12.4. The minimum atomic E-state index is -0.953. The molecule has 0 aromatic carbocycles. The number of nitrogens with zero attached hydrogens (tertiary/aromatic N) is 4. The standard InChI is InChI=1S/C16H17N5O5/c1-4-26-16(24)13(23)9-5-17-12-11(9)10(25-3)6-18-15(12)21-7-19-14(20-21)8(2)22/h5-8,17,22H,4H2,1-3H3. The molecule has 0 amide bonds. The zero-order chi connectivity index (χ0) is 18.8. The van der Waals surface area contributed by atoms with E-state index in [1.807, 2.05) is 0 Å². The number of aromatic nitrogens is 5. The fraction of sp³-hybridized carbons (Fsp3) is 0.312. The average molecular weight is 359 g/mol. The van der Waals surface area contributed by atoms with E-state index in [1.165, 1.54) is 30.5 Å². The van der Waals surface area contributed by atoms with Crippen molar-refractivity contribution in [2.24, 2.45) is 0 Å². The monoisotopic (exact) mass is 359 g/mol. The van der Waals surface area contributed by atoms with Gasteiger partial charge in [0, 0.05) is 6.20 Å². The van der Waals surface area contributed by atoms with Crippen LogP contribution in [0.4, 0.5) is 0 Å². The van der Waals surface area contributed by atoms with Gasteiger partial charge in [-0.15, -0.1) is 5.10 Å². The quantitative estimate of drug-likeness (QED) is 0.378. The summed E-state index contributed by atoms with van der Waals surface area (Å²) in [5.41, 5.74) is 0.536. The molecule has 2 N–H and O–H groups in total. The Labute approximate surface area is 147 Å². The highest BCUT2D eigenvalue weighted by Crippen LogP contribution is 2.31. The van der Waals surface area contributed by atoms with Gasteiger partial charge >= 0.3 is 5.97 Å². The van der Waals surface area contributed by atoms with Gasteiger partial charge in [0.05, 0.1) is 36.4 Å². The molecule has 3 aromatic rings. The fourth-order valence-electron chi connectivity index (χ4n) is 2.49. The lowest BCUT2D eigenvalue weighted by Gasteiger charge is -2.07. The van der Waals surface area contributed by atoms with Gasteiger partial charge in [-0.2, -0.15) is 0 Å². The van der Waals surface area contributed by atoms with E-state index in [9.17, 15) is 14.7 Å². The van der Waals surface area contributed by atoms with Crippen molar-refractivity contribution in [3.05, 3.63) is 30.1 Å². The van der Waals surface area contributed by atoms with E-state index in [2.05, 4.69) is 20.1 Å². The number of hydrogen-bond acceptors (Lipinski definition) is 8. The molecule has 26 heavy (non-hydrogen) atoms. The highest BCUT2D eigenvalue weighted by molar-refractivity contribution is 6.43. The molecular weight excluding hydrogens is 342 g/mol. The van der Waals surface area contributed by atoms with Gasteiger partial charge in [0.25, 0.3) is 5.78 Å². The fourth-order valence-corrected chi connectivity index (χ4v) is 2.49. The third-order valence-corrected chi connectivity index (χ3v) is 3.68. The van der Waals surface area contributed by atoms with Gasteiger partial charge in [-0.05, 0) is 13.8 Å². The Hall–Kier alpha value is -3.27. The van der Waals surface area contributed by atoms with E-state index >= 15 is 0 Å². The Morgan fingerprint density at radius 2 is 2.15 bits per heavy atom. The second kappa shape index (κ2) is 6.92. The summed E-state index contributed by atoms with van der Waals surface area (Å²) in [6.45, 7) is 3.26. The molecule has 0 aliphatic carbocycles. The van der Waals surface area contributed by atoms with E-state index in [4.69, 9.17) is 9.47 Å². The molecule has 0 radical (unpaired) electrons. The van der Waals surface area contributed by atoms with Crippen molar-refractivity contribution < 1.29 is 24.2 Å². The Kier molecular flexibility index (Phi) is 4.67. The highest BCUT2D eigenvalue weighted by atomic mass is 16.5. The minimum absolute atomic E-state index is 0.0952. The van der Waals surface area contributed by atoms with Crippen LogP contribution in [0.2, 0.25) is 0 Å². The topological polar surface area (TPSA) is 132 Å². The summed E-state index contributed by atoms with van der Waals surface area (Å²) < 4.78 is 11.4. The Morgan fingerprint density at radius 3 is 2.77 bits per heavy atom. The van der Waals surface area contributed by atoms with Gasteiger partial charge in [-0.25, -0.2) is 19.4 Å². The summed E-state index contributed by atoms with van der Waals surface area (Å²) >= 11 is 0. The molecule has 0 bridgehead atoms. The highest BCUT2D eigenvalue weighted by Gasteiger charge is 2.25. The number of H-pyrrole nitrogens is 1. The van der Waals surface area contributed by atoms with E-state index in [0.29, 0.717) is 22.5 Å². The molecule has 0 saturated carbocycles. The molecule has 1 atom stereocenters. The van der Waals surface area contributed by atoms with Gasteiger partial charge < -0.3 is 19.6 Å². The number of aromatic amines is 1. The summed E-state index contributed by atoms with van der Waals surface area (Å²) in [6, 6.07) is 0. The molecular formula is C16H17N5O5. The molecule has 10 nitrogen and oxygen atoms in total. The third-order valence-electron chi connectivity index (χ3n) is 3.68. The number of rotatable bonds is 6. The molecule has 10 heteroatoms. The number of pyridine rings is 1. The van der Waals surface area contributed by atoms with Gasteiger partial charge in [0.15, 0.2) is 11.6 Å². The summed E-state index contributed by atoms with van der Waals surface area (Å²) in [4.78, 5) is 35.4. The predicted octanol–water partition coefficient (Wildman–Crippen LogP) is 0.951. The first-order valence-electron chi connectivity index (χ1n) is 7.83. The van der Waals surface area contributed by atoms with Crippen LogP contribution in [0.3, 0.4) is 0 Å².